The molecule has 5 rings (SSSR count). The van der Waals surface area contributed by atoms with Crippen molar-refractivity contribution in [1.29, 1.82) is 0 Å². The number of nitrogens with zero attached hydrogens (tertiary/aromatic N) is 1. The number of hydrogen-bond donors (Lipinski definition) is 0. The van der Waals surface area contributed by atoms with Crippen molar-refractivity contribution in [3.05, 3.63) is 41.0 Å². The molecule has 1 nitrogen and oxygen atoms in total. The third-order valence-electron chi connectivity index (χ3n) is 10.4. The summed E-state index contributed by atoms with van der Waals surface area (Å²) in [6.07, 6.45) is 11.4. The predicted molar refractivity (Wildman–Crippen MR) is 129 cm³/mol. The van der Waals surface area contributed by atoms with Gasteiger partial charge < -0.3 is 4.90 Å². The standard InChI is InChI=1S/C29H43N/c1-19-7-13-23-21(17-19)10-14-24-26-15-16-28(2,3)29(26,4)18-25(27(23)24)20-8-11-22(12-9-20)30(5)6/h8-9,11-12,19,21,24-26H,7,10,13-18H2,1-6H3. The maximum Gasteiger partial charge on any atom is 0.0361 e. The Morgan fingerprint density at radius 1 is 0.933 bits per heavy atom. The van der Waals surface area contributed by atoms with E-state index in [-0.39, 0.29) is 0 Å². The first-order valence-corrected chi connectivity index (χ1v) is 12.7. The zero-order valence-corrected chi connectivity index (χ0v) is 20.3. The smallest absolute Gasteiger partial charge is 0.0361 e. The van der Waals surface area contributed by atoms with Crippen molar-refractivity contribution in [1.82, 2.24) is 0 Å². The number of rotatable bonds is 2. The second-order valence-electron chi connectivity index (χ2n) is 12.4. The van der Waals surface area contributed by atoms with Gasteiger partial charge in [-0.1, -0.05) is 51.0 Å². The van der Waals surface area contributed by atoms with Crippen molar-refractivity contribution >= 4 is 5.69 Å². The largest absolute Gasteiger partial charge is 0.378 e. The van der Waals surface area contributed by atoms with E-state index in [1.807, 2.05) is 11.1 Å². The molecule has 30 heavy (non-hydrogen) atoms. The van der Waals surface area contributed by atoms with E-state index in [1.165, 1.54) is 57.1 Å². The van der Waals surface area contributed by atoms with Gasteiger partial charge in [0.2, 0.25) is 0 Å². The van der Waals surface area contributed by atoms with E-state index in [2.05, 4.69) is 71.0 Å². The van der Waals surface area contributed by atoms with Gasteiger partial charge in [-0.05, 0) is 104 Å². The molecule has 0 saturated heterocycles. The molecule has 3 fully saturated rings. The predicted octanol–water partition coefficient (Wildman–Crippen LogP) is 7.83. The Balaban J connectivity index is 1.62. The second kappa shape index (κ2) is 7.14. The van der Waals surface area contributed by atoms with E-state index in [4.69, 9.17) is 0 Å². The van der Waals surface area contributed by atoms with Crippen LogP contribution in [0.15, 0.2) is 35.4 Å². The van der Waals surface area contributed by atoms with Crippen molar-refractivity contribution < 1.29 is 0 Å². The minimum absolute atomic E-state index is 0.466. The summed E-state index contributed by atoms with van der Waals surface area (Å²) in [7, 11) is 4.30. The molecule has 1 heteroatoms. The van der Waals surface area contributed by atoms with Crippen LogP contribution in [0.1, 0.15) is 90.5 Å². The normalized spacial score (nSPS) is 39.9. The first-order valence-electron chi connectivity index (χ1n) is 12.7. The molecule has 0 spiro atoms. The van der Waals surface area contributed by atoms with Gasteiger partial charge in [-0.15, -0.1) is 0 Å². The molecule has 0 amide bonds. The minimum Gasteiger partial charge on any atom is -0.378 e. The Labute approximate surface area is 185 Å². The maximum absolute atomic E-state index is 2.67. The van der Waals surface area contributed by atoms with Crippen LogP contribution in [0.4, 0.5) is 5.69 Å². The molecule has 0 radical (unpaired) electrons. The number of hydrogen-bond acceptors (Lipinski definition) is 1. The summed E-state index contributed by atoms with van der Waals surface area (Å²) in [5.41, 5.74) is 7.72. The lowest BCUT2D eigenvalue weighted by molar-refractivity contribution is 0.0132. The number of benzene rings is 1. The fourth-order valence-electron chi connectivity index (χ4n) is 8.23. The average molecular weight is 406 g/mol. The van der Waals surface area contributed by atoms with Gasteiger partial charge in [0.1, 0.15) is 0 Å². The van der Waals surface area contributed by atoms with Crippen LogP contribution in [0, 0.1) is 34.5 Å². The highest BCUT2D eigenvalue weighted by Crippen LogP contribution is 2.69. The van der Waals surface area contributed by atoms with Gasteiger partial charge >= 0.3 is 0 Å². The summed E-state index contributed by atoms with van der Waals surface area (Å²) < 4.78 is 0. The van der Waals surface area contributed by atoms with Crippen LogP contribution < -0.4 is 4.90 Å². The Hall–Kier alpha value is -1.24. The molecule has 6 atom stereocenters. The van der Waals surface area contributed by atoms with Crippen molar-refractivity contribution in [2.75, 3.05) is 19.0 Å². The molecule has 0 heterocycles. The molecular formula is C29H43N. The lowest BCUT2D eigenvalue weighted by atomic mass is 9.49. The Morgan fingerprint density at radius 3 is 2.37 bits per heavy atom. The lowest BCUT2D eigenvalue weighted by Gasteiger charge is -2.56. The van der Waals surface area contributed by atoms with Gasteiger partial charge in [0.15, 0.2) is 0 Å². The van der Waals surface area contributed by atoms with Gasteiger partial charge in [-0.3, -0.25) is 0 Å². The van der Waals surface area contributed by atoms with Gasteiger partial charge in [0, 0.05) is 25.7 Å². The van der Waals surface area contributed by atoms with Crippen LogP contribution in [0.2, 0.25) is 0 Å². The van der Waals surface area contributed by atoms with Crippen molar-refractivity contribution in [2.24, 2.45) is 34.5 Å². The fraction of sp³-hybridized carbons (Fsp3) is 0.724. The summed E-state index contributed by atoms with van der Waals surface area (Å²) in [5, 5.41) is 0. The molecule has 0 aromatic heterocycles. The molecular weight excluding hydrogens is 362 g/mol. The van der Waals surface area contributed by atoms with Crippen LogP contribution in [0.3, 0.4) is 0 Å². The summed E-state index contributed by atoms with van der Waals surface area (Å²) in [4.78, 5) is 2.23. The number of fused-ring (bicyclic) bond motifs is 4. The third kappa shape index (κ3) is 3.01. The summed E-state index contributed by atoms with van der Waals surface area (Å²) in [5.74, 6) is 4.22. The third-order valence-corrected chi connectivity index (χ3v) is 10.4. The van der Waals surface area contributed by atoms with E-state index >= 15 is 0 Å². The number of allylic oxidation sites excluding steroid dienone is 2. The first kappa shape index (κ1) is 20.7. The molecule has 1 aromatic carbocycles. The molecule has 0 aliphatic heterocycles. The van der Waals surface area contributed by atoms with Gasteiger partial charge in [0.25, 0.3) is 0 Å². The van der Waals surface area contributed by atoms with E-state index in [1.54, 1.807) is 5.56 Å². The van der Waals surface area contributed by atoms with Crippen LogP contribution in [-0.2, 0) is 0 Å². The van der Waals surface area contributed by atoms with E-state index < -0.39 is 0 Å². The molecule has 0 bridgehead atoms. The van der Waals surface area contributed by atoms with E-state index in [9.17, 15) is 0 Å². The highest BCUT2D eigenvalue weighted by Gasteiger charge is 2.59. The number of anilines is 1. The van der Waals surface area contributed by atoms with Gasteiger partial charge in [0.05, 0.1) is 0 Å². The van der Waals surface area contributed by atoms with Crippen molar-refractivity contribution in [3.63, 3.8) is 0 Å². The minimum atomic E-state index is 0.466. The fourth-order valence-corrected chi connectivity index (χ4v) is 8.23. The second-order valence-corrected chi connectivity index (χ2v) is 12.4. The summed E-state index contributed by atoms with van der Waals surface area (Å²) in [6.45, 7) is 10.3. The average Bonchev–Trinajstić information content (AvgIpc) is 2.96. The zero-order chi connectivity index (χ0) is 21.3. The quantitative estimate of drug-likeness (QED) is 0.453. The Bertz CT molecular complexity index is 828. The Kier molecular flexibility index (Phi) is 4.92. The molecule has 3 saturated carbocycles. The molecule has 4 aliphatic carbocycles. The maximum atomic E-state index is 2.67. The SMILES string of the molecule is CC1CCC2=C3C(c4ccc(N(C)C)cc4)CC4(C)C(CCC4(C)C)C3CCC2C1. The molecule has 1 aromatic rings. The van der Waals surface area contributed by atoms with Crippen molar-refractivity contribution in [2.45, 2.75) is 85.0 Å². The van der Waals surface area contributed by atoms with E-state index in [0.29, 0.717) is 16.7 Å². The molecule has 4 aliphatic rings. The summed E-state index contributed by atoms with van der Waals surface area (Å²) >= 11 is 0. The van der Waals surface area contributed by atoms with Crippen LogP contribution in [-0.4, -0.2) is 14.1 Å². The molecule has 164 valence electrons. The van der Waals surface area contributed by atoms with Crippen molar-refractivity contribution in [3.8, 4) is 0 Å². The lowest BCUT2D eigenvalue weighted by Crippen LogP contribution is -2.46. The van der Waals surface area contributed by atoms with Gasteiger partial charge in [-0.2, -0.15) is 0 Å². The monoisotopic (exact) mass is 405 g/mol. The van der Waals surface area contributed by atoms with Crippen LogP contribution in [0.5, 0.6) is 0 Å². The van der Waals surface area contributed by atoms with Gasteiger partial charge in [-0.25, -0.2) is 0 Å². The highest BCUT2D eigenvalue weighted by molar-refractivity contribution is 5.49. The topological polar surface area (TPSA) is 3.24 Å². The zero-order valence-electron chi connectivity index (χ0n) is 20.3. The summed E-state index contributed by atoms with van der Waals surface area (Å²) in [6, 6.07) is 9.64. The van der Waals surface area contributed by atoms with Crippen LogP contribution in [0.25, 0.3) is 0 Å². The first-order chi connectivity index (χ1) is 14.2. The molecule has 0 N–H and O–H groups in total. The Morgan fingerprint density at radius 2 is 1.67 bits per heavy atom. The molecule has 6 unspecified atom stereocenters. The van der Waals surface area contributed by atoms with Crippen LogP contribution >= 0.6 is 0 Å². The highest BCUT2D eigenvalue weighted by atomic mass is 15.1. The van der Waals surface area contributed by atoms with E-state index in [0.717, 1.165) is 23.7 Å².